The summed E-state index contributed by atoms with van der Waals surface area (Å²) in [6.07, 6.45) is 0. The number of likely N-dealkylation sites (tertiary alicyclic amines) is 1. The quantitative estimate of drug-likeness (QED) is 0.311. The van der Waals surface area contributed by atoms with Gasteiger partial charge in [0.1, 0.15) is 17.3 Å². The molecule has 0 bridgehead atoms. The van der Waals surface area contributed by atoms with E-state index in [9.17, 15) is 14.7 Å². The molecule has 4 rings (SSSR count). The third-order valence-electron chi connectivity index (χ3n) is 5.27. The van der Waals surface area contributed by atoms with Gasteiger partial charge in [-0.1, -0.05) is 29.8 Å². The molecule has 6 nitrogen and oxygen atoms in total. The van der Waals surface area contributed by atoms with Crippen LogP contribution in [-0.2, 0) is 16.1 Å². The summed E-state index contributed by atoms with van der Waals surface area (Å²) in [4.78, 5) is 28.4. The first-order valence-corrected chi connectivity index (χ1v) is 11.0. The average molecular weight is 470 g/mol. The molecule has 0 radical (unpaired) electrons. The molecule has 32 heavy (non-hydrogen) atoms. The Morgan fingerprint density at radius 2 is 1.81 bits per heavy atom. The summed E-state index contributed by atoms with van der Waals surface area (Å²) in [6.45, 7) is 0.174. The highest BCUT2D eigenvalue weighted by Crippen LogP contribution is 2.43. The number of thiophene rings is 1. The van der Waals surface area contributed by atoms with E-state index in [0.717, 1.165) is 10.4 Å². The monoisotopic (exact) mass is 469 g/mol. The van der Waals surface area contributed by atoms with Crippen molar-refractivity contribution in [2.45, 2.75) is 12.6 Å². The van der Waals surface area contributed by atoms with Gasteiger partial charge >= 0.3 is 0 Å². The van der Waals surface area contributed by atoms with Crippen LogP contribution in [0.1, 0.15) is 22.0 Å². The third kappa shape index (κ3) is 3.97. The molecule has 1 aromatic heterocycles. The second kappa shape index (κ2) is 9.06. The zero-order valence-electron chi connectivity index (χ0n) is 17.4. The Bertz CT molecular complexity index is 1200. The number of Topliss-reactive ketones (excluding diaryl/α,β-unsaturated/α-hetero) is 1. The minimum Gasteiger partial charge on any atom is -0.507 e. The average Bonchev–Trinajstić information content (AvgIpc) is 3.42. The van der Waals surface area contributed by atoms with Crippen molar-refractivity contribution in [3.05, 3.63) is 86.6 Å². The van der Waals surface area contributed by atoms with Crippen LogP contribution in [0.2, 0.25) is 5.02 Å². The predicted molar refractivity (Wildman–Crippen MR) is 123 cm³/mol. The SMILES string of the molecule is COc1cccc(CN2C(=O)C(=O)/C(=C(\O)c3cc(OC)ccc3Cl)C2c2cccs2)c1. The Kier molecular flexibility index (Phi) is 6.21. The van der Waals surface area contributed by atoms with Gasteiger partial charge < -0.3 is 19.5 Å². The van der Waals surface area contributed by atoms with E-state index in [0.29, 0.717) is 11.5 Å². The molecule has 1 aliphatic rings. The van der Waals surface area contributed by atoms with E-state index in [4.69, 9.17) is 21.1 Å². The molecule has 0 aliphatic carbocycles. The van der Waals surface area contributed by atoms with Gasteiger partial charge in [0.2, 0.25) is 0 Å². The van der Waals surface area contributed by atoms with Crippen molar-refractivity contribution in [1.82, 2.24) is 4.90 Å². The topological polar surface area (TPSA) is 76.1 Å². The molecule has 3 aromatic rings. The number of carbonyl (C=O) groups excluding carboxylic acids is 2. The van der Waals surface area contributed by atoms with Crippen LogP contribution in [0.25, 0.3) is 5.76 Å². The predicted octanol–water partition coefficient (Wildman–Crippen LogP) is 5.04. The number of aliphatic hydroxyl groups is 1. The highest BCUT2D eigenvalue weighted by molar-refractivity contribution is 7.10. The first-order valence-electron chi connectivity index (χ1n) is 9.73. The summed E-state index contributed by atoms with van der Waals surface area (Å²) in [5.41, 5.74) is 1.02. The highest BCUT2D eigenvalue weighted by atomic mass is 35.5. The molecule has 1 atom stereocenters. The smallest absolute Gasteiger partial charge is 0.295 e. The number of rotatable bonds is 6. The summed E-state index contributed by atoms with van der Waals surface area (Å²) in [5, 5.41) is 13.3. The molecule has 1 fully saturated rings. The number of hydrogen-bond donors (Lipinski definition) is 1. The van der Waals surface area contributed by atoms with Crippen LogP contribution in [0.15, 0.2) is 65.6 Å². The maximum atomic E-state index is 13.1. The molecule has 0 spiro atoms. The van der Waals surface area contributed by atoms with E-state index in [-0.39, 0.29) is 28.5 Å². The lowest BCUT2D eigenvalue weighted by Crippen LogP contribution is -2.28. The standard InChI is InChI=1S/C24H20ClNO5S/c1-30-15-6-3-5-14(11-15)13-26-21(19-7-4-10-32-19)20(23(28)24(26)29)22(27)17-12-16(31-2)8-9-18(17)25/h3-12,21,27H,13H2,1-2H3/b22-20-. The minimum absolute atomic E-state index is 0.00417. The van der Waals surface area contributed by atoms with E-state index in [2.05, 4.69) is 0 Å². The second-order valence-corrected chi connectivity index (χ2v) is 8.53. The van der Waals surface area contributed by atoms with Crippen molar-refractivity contribution in [3.8, 4) is 11.5 Å². The van der Waals surface area contributed by atoms with Crippen molar-refractivity contribution >= 4 is 40.4 Å². The maximum absolute atomic E-state index is 13.1. The molecule has 164 valence electrons. The number of amides is 1. The van der Waals surface area contributed by atoms with Gasteiger partial charge in [-0.15, -0.1) is 11.3 Å². The summed E-state index contributed by atoms with van der Waals surface area (Å²) < 4.78 is 10.5. The molecule has 2 aromatic carbocycles. The van der Waals surface area contributed by atoms with Crippen LogP contribution in [0.5, 0.6) is 11.5 Å². The normalized spacial score (nSPS) is 17.6. The molecule has 1 aliphatic heterocycles. The third-order valence-corrected chi connectivity index (χ3v) is 6.52. The fourth-order valence-corrected chi connectivity index (χ4v) is 4.76. The number of aliphatic hydroxyl groups excluding tert-OH is 1. The Morgan fingerprint density at radius 1 is 1.06 bits per heavy atom. The lowest BCUT2D eigenvalue weighted by molar-refractivity contribution is -0.140. The van der Waals surface area contributed by atoms with Gasteiger partial charge in [-0.05, 0) is 47.3 Å². The summed E-state index contributed by atoms with van der Waals surface area (Å²) in [7, 11) is 3.06. The molecule has 8 heteroatoms. The summed E-state index contributed by atoms with van der Waals surface area (Å²) >= 11 is 7.71. The van der Waals surface area contributed by atoms with Gasteiger partial charge in [0.05, 0.1) is 30.9 Å². The Balaban J connectivity index is 1.84. The molecule has 1 N–H and O–H groups in total. The minimum atomic E-state index is -0.761. The van der Waals surface area contributed by atoms with Crippen molar-refractivity contribution in [3.63, 3.8) is 0 Å². The van der Waals surface area contributed by atoms with Crippen LogP contribution in [0.3, 0.4) is 0 Å². The summed E-state index contributed by atoms with van der Waals surface area (Å²) in [5.74, 6) is -0.669. The first kappa shape index (κ1) is 21.9. The lowest BCUT2D eigenvalue weighted by Gasteiger charge is -2.24. The molecule has 1 unspecified atom stereocenters. The van der Waals surface area contributed by atoms with Crippen LogP contribution < -0.4 is 9.47 Å². The molecule has 0 saturated carbocycles. The molecule has 2 heterocycles. The van der Waals surface area contributed by atoms with E-state index < -0.39 is 17.7 Å². The van der Waals surface area contributed by atoms with E-state index in [1.54, 1.807) is 31.4 Å². The van der Waals surface area contributed by atoms with Crippen LogP contribution in [-0.4, -0.2) is 35.9 Å². The highest BCUT2D eigenvalue weighted by Gasteiger charge is 2.46. The van der Waals surface area contributed by atoms with Gasteiger partial charge in [0, 0.05) is 17.0 Å². The van der Waals surface area contributed by atoms with Crippen molar-refractivity contribution in [2.75, 3.05) is 14.2 Å². The zero-order chi connectivity index (χ0) is 22.8. The first-order chi connectivity index (χ1) is 15.4. The number of ether oxygens (including phenoxy) is 2. The Labute approximate surface area is 194 Å². The second-order valence-electron chi connectivity index (χ2n) is 7.14. The molecular weight excluding hydrogens is 450 g/mol. The molecule has 1 saturated heterocycles. The fraction of sp³-hybridized carbons (Fsp3) is 0.167. The maximum Gasteiger partial charge on any atom is 0.295 e. The molecule has 1 amide bonds. The van der Waals surface area contributed by atoms with E-state index >= 15 is 0 Å². The largest absolute Gasteiger partial charge is 0.507 e. The number of hydrogen-bond acceptors (Lipinski definition) is 6. The van der Waals surface area contributed by atoms with Gasteiger partial charge in [-0.25, -0.2) is 0 Å². The van der Waals surface area contributed by atoms with Crippen LogP contribution in [0, 0.1) is 0 Å². The number of carbonyl (C=O) groups is 2. The van der Waals surface area contributed by atoms with E-state index in [1.165, 1.54) is 23.3 Å². The Morgan fingerprint density at radius 3 is 2.50 bits per heavy atom. The lowest BCUT2D eigenvalue weighted by atomic mass is 9.99. The fourth-order valence-electron chi connectivity index (χ4n) is 3.71. The number of ketones is 1. The van der Waals surface area contributed by atoms with Crippen LogP contribution >= 0.6 is 22.9 Å². The van der Waals surface area contributed by atoms with Crippen LogP contribution in [0.4, 0.5) is 0 Å². The van der Waals surface area contributed by atoms with Crippen molar-refractivity contribution in [1.29, 1.82) is 0 Å². The van der Waals surface area contributed by atoms with Gasteiger partial charge in [0.15, 0.2) is 0 Å². The summed E-state index contributed by atoms with van der Waals surface area (Å²) in [6, 6.07) is 15.0. The Hall–Kier alpha value is -3.29. The van der Waals surface area contributed by atoms with Gasteiger partial charge in [-0.2, -0.15) is 0 Å². The number of benzene rings is 2. The molecular formula is C24H20ClNO5S. The van der Waals surface area contributed by atoms with Gasteiger partial charge in [-0.3, -0.25) is 9.59 Å². The van der Waals surface area contributed by atoms with E-state index in [1.807, 2.05) is 35.7 Å². The zero-order valence-corrected chi connectivity index (χ0v) is 18.9. The number of nitrogens with zero attached hydrogens (tertiary/aromatic N) is 1. The number of methoxy groups -OCH3 is 2. The van der Waals surface area contributed by atoms with Crippen molar-refractivity contribution < 1.29 is 24.2 Å². The van der Waals surface area contributed by atoms with Crippen molar-refractivity contribution in [2.24, 2.45) is 0 Å². The number of halogens is 1. The van der Waals surface area contributed by atoms with Gasteiger partial charge in [0.25, 0.3) is 11.7 Å².